The lowest BCUT2D eigenvalue weighted by Crippen LogP contribution is -1.84. The molecule has 122 valence electrons. The highest BCUT2D eigenvalue weighted by Gasteiger charge is 2.15. The van der Waals surface area contributed by atoms with Crippen molar-refractivity contribution in [1.82, 2.24) is 15.0 Å². The number of imidazole rings is 1. The molecule has 0 fully saturated rings. The van der Waals surface area contributed by atoms with E-state index in [1.807, 2.05) is 54.6 Å². The van der Waals surface area contributed by atoms with Gasteiger partial charge >= 0.3 is 0 Å². The molecule has 4 nitrogen and oxygen atoms in total. The number of benzene rings is 2. The summed E-state index contributed by atoms with van der Waals surface area (Å²) >= 11 is 0. The zero-order chi connectivity index (χ0) is 17.1. The number of nitrogens with one attached hydrogen (secondary N) is 1. The molecule has 0 spiro atoms. The van der Waals surface area contributed by atoms with E-state index in [1.165, 1.54) is 0 Å². The van der Waals surface area contributed by atoms with E-state index in [0.29, 0.717) is 0 Å². The van der Waals surface area contributed by atoms with Gasteiger partial charge in [0.2, 0.25) is 0 Å². The molecule has 0 bridgehead atoms. The van der Waals surface area contributed by atoms with Gasteiger partial charge in [0.15, 0.2) is 0 Å². The van der Waals surface area contributed by atoms with Gasteiger partial charge < -0.3 is 9.72 Å². The predicted molar refractivity (Wildman–Crippen MR) is 99.2 cm³/mol. The third-order valence-electron chi connectivity index (χ3n) is 4.08. The van der Waals surface area contributed by atoms with E-state index in [9.17, 15) is 0 Å². The first-order chi connectivity index (χ1) is 12.3. The molecule has 0 amide bonds. The summed E-state index contributed by atoms with van der Waals surface area (Å²) in [5.74, 6) is 1.65. The Morgan fingerprint density at radius 3 is 2.16 bits per heavy atom. The van der Waals surface area contributed by atoms with Crippen molar-refractivity contribution in [2.24, 2.45) is 0 Å². The Morgan fingerprint density at radius 2 is 1.48 bits per heavy atom. The van der Waals surface area contributed by atoms with Crippen molar-refractivity contribution >= 4 is 0 Å². The second-order valence-electron chi connectivity index (χ2n) is 5.64. The number of H-pyrrole nitrogens is 1. The molecule has 0 aliphatic rings. The van der Waals surface area contributed by atoms with Gasteiger partial charge in [0, 0.05) is 29.1 Å². The van der Waals surface area contributed by atoms with Gasteiger partial charge in [-0.1, -0.05) is 30.3 Å². The molecule has 2 heterocycles. The summed E-state index contributed by atoms with van der Waals surface area (Å²) in [6.07, 6.45) is 3.58. The Kier molecular flexibility index (Phi) is 4.01. The summed E-state index contributed by atoms with van der Waals surface area (Å²) in [6.45, 7) is 0. The fraction of sp³-hybridized carbons (Fsp3) is 0.0476. The van der Waals surface area contributed by atoms with Crippen molar-refractivity contribution < 1.29 is 4.74 Å². The average molecular weight is 327 g/mol. The normalized spacial score (nSPS) is 10.6. The van der Waals surface area contributed by atoms with Gasteiger partial charge in [0.1, 0.15) is 11.6 Å². The van der Waals surface area contributed by atoms with Crippen LogP contribution in [0.5, 0.6) is 5.75 Å². The van der Waals surface area contributed by atoms with Crippen molar-refractivity contribution in [3.63, 3.8) is 0 Å². The number of hydrogen-bond donors (Lipinski definition) is 1. The van der Waals surface area contributed by atoms with E-state index in [0.717, 1.165) is 39.7 Å². The predicted octanol–water partition coefficient (Wildman–Crippen LogP) is 4.81. The highest BCUT2D eigenvalue weighted by atomic mass is 16.5. The van der Waals surface area contributed by atoms with E-state index in [4.69, 9.17) is 9.72 Å². The first-order valence-electron chi connectivity index (χ1n) is 8.05. The van der Waals surface area contributed by atoms with E-state index >= 15 is 0 Å². The fourth-order valence-corrected chi connectivity index (χ4v) is 2.79. The van der Waals surface area contributed by atoms with Gasteiger partial charge in [0.05, 0.1) is 18.5 Å². The molecule has 4 rings (SSSR count). The number of rotatable bonds is 4. The molecule has 4 aromatic rings. The SMILES string of the molecule is COc1ccc(-c2nc(-c3ccccc3)c(-c3ccncc3)[nH]2)cc1. The summed E-state index contributed by atoms with van der Waals surface area (Å²) < 4.78 is 5.24. The lowest BCUT2D eigenvalue weighted by atomic mass is 10.1. The van der Waals surface area contributed by atoms with Crippen LogP contribution in [-0.2, 0) is 0 Å². The van der Waals surface area contributed by atoms with Crippen molar-refractivity contribution in [1.29, 1.82) is 0 Å². The van der Waals surface area contributed by atoms with Crippen molar-refractivity contribution in [2.45, 2.75) is 0 Å². The van der Waals surface area contributed by atoms with Crippen LogP contribution in [-0.4, -0.2) is 22.1 Å². The highest BCUT2D eigenvalue weighted by molar-refractivity contribution is 5.81. The third-order valence-corrected chi connectivity index (χ3v) is 4.08. The van der Waals surface area contributed by atoms with E-state index in [-0.39, 0.29) is 0 Å². The Bertz CT molecular complexity index is 904. The van der Waals surface area contributed by atoms with Crippen molar-refractivity contribution in [3.05, 3.63) is 79.1 Å². The first-order valence-corrected chi connectivity index (χ1v) is 8.05. The molecule has 0 aliphatic heterocycles. The third kappa shape index (κ3) is 3.02. The maximum absolute atomic E-state index is 5.24. The van der Waals surface area contributed by atoms with Crippen LogP contribution in [0.2, 0.25) is 0 Å². The molecule has 0 saturated heterocycles. The molecule has 1 N–H and O–H groups in total. The zero-order valence-corrected chi connectivity index (χ0v) is 13.8. The topological polar surface area (TPSA) is 50.8 Å². The van der Waals surface area contributed by atoms with Gasteiger partial charge in [-0.15, -0.1) is 0 Å². The minimum atomic E-state index is 0.827. The van der Waals surface area contributed by atoms with E-state index in [2.05, 4.69) is 22.1 Å². The minimum Gasteiger partial charge on any atom is -0.497 e. The second kappa shape index (κ2) is 6.61. The number of nitrogens with zero attached hydrogens (tertiary/aromatic N) is 2. The van der Waals surface area contributed by atoms with Crippen LogP contribution in [0.1, 0.15) is 0 Å². The molecule has 0 unspecified atom stereocenters. The second-order valence-corrected chi connectivity index (χ2v) is 5.64. The average Bonchev–Trinajstić information content (AvgIpc) is 3.15. The number of ether oxygens (including phenoxy) is 1. The van der Waals surface area contributed by atoms with Crippen LogP contribution in [0.4, 0.5) is 0 Å². The van der Waals surface area contributed by atoms with Crippen molar-refractivity contribution in [2.75, 3.05) is 7.11 Å². The maximum Gasteiger partial charge on any atom is 0.138 e. The monoisotopic (exact) mass is 327 g/mol. The van der Waals surface area contributed by atoms with Crippen LogP contribution in [0, 0.1) is 0 Å². The molecule has 0 radical (unpaired) electrons. The number of aromatic amines is 1. The van der Waals surface area contributed by atoms with Crippen LogP contribution in [0.15, 0.2) is 79.1 Å². The Hall–Kier alpha value is -3.40. The largest absolute Gasteiger partial charge is 0.497 e. The fourth-order valence-electron chi connectivity index (χ4n) is 2.79. The lowest BCUT2D eigenvalue weighted by Gasteiger charge is -2.02. The summed E-state index contributed by atoms with van der Waals surface area (Å²) in [7, 11) is 1.66. The molecule has 0 aliphatic carbocycles. The molecule has 0 atom stereocenters. The van der Waals surface area contributed by atoms with Crippen LogP contribution >= 0.6 is 0 Å². The summed E-state index contributed by atoms with van der Waals surface area (Å²) in [6, 6.07) is 22.0. The zero-order valence-electron chi connectivity index (χ0n) is 13.8. The van der Waals surface area contributed by atoms with Gasteiger partial charge in [-0.05, 0) is 36.4 Å². The number of hydrogen-bond acceptors (Lipinski definition) is 3. The molecular weight excluding hydrogens is 310 g/mol. The molecular formula is C21H17N3O. The van der Waals surface area contributed by atoms with Gasteiger partial charge in [0.25, 0.3) is 0 Å². The molecule has 0 saturated carbocycles. The minimum absolute atomic E-state index is 0.827. The molecule has 4 heteroatoms. The standard InChI is InChI=1S/C21H17N3O/c1-25-18-9-7-17(8-10-18)21-23-19(15-5-3-2-4-6-15)20(24-21)16-11-13-22-14-12-16/h2-14H,1H3,(H,23,24). The van der Waals surface area contributed by atoms with E-state index < -0.39 is 0 Å². The van der Waals surface area contributed by atoms with Gasteiger partial charge in [-0.3, -0.25) is 4.98 Å². The smallest absolute Gasteiger partial charge is 0.138 e. The maximum atomic E-state index is 5.24. The lowest BCUT2D eigenvalue weighted by molar-refractivity contribution is 0.415. The van der Waals surface area contributed by atoms with Crippen LogP contribution in [0.3, 0.4) is 0 Å². The van der Waals surface area contributed by atoms with E-state index in [1.54, 1.807) is 19.5 Å². The first kappa shape index (κ1) is 15.1. The highest BCUT2D eigenvalue weighted by Crippen LogP contribution is 2.33. The summed E-state index contributed by atoms with van der Waals surface area (Å²) in [4.78, 5) is 12.4. The van der Waals surface area contributed by atoms with Crippen LogP contribution in [0.25, 0.3) is 33.9 Å². The number of aromatic nitrogens is 3. The van der Waals surface area contributed by atoms with Crippen LogP contribution < -0.4 is 4.74 Å². The Morgan fingerprint density at radius 1 is 0.760 bits per heavy atom. The summed E-state index contributed by atoms with van der Waals surface area (Å²) in [5, 5.41) is 0. The van der Waals surface area contributed by atoms with Gasteiger partial charge in [-0.25, -0.2) is 4.98 Å². The molecule has 2 aromatic heterocycles. The Balaban J connectivity index is 1.86. The summed E-state index contributed by atoms with van der Waals surface area (Å²) in [5.41, 5.74) is 5.06. The number of methoxy groups -OCH3 is 1. The molecule has 25 heavy (non-hydrogen) atoms. The molecule has 2 aromatic carbocycles. The Labute approximate surface area is 146 Å². The van der Waals surface area contributed by atoms with Crippen molar-refractivity contribution in [3.8, 4) is 39.7 Å². The van der Waals surface area contributed by atoms with Gasteiger partial charge in [-0.2, -0.15) is 0 Å². The number of pyridine rings is 1. The quantitative estimate of drug-likeness (QED) is 0.585.